The molecule has 0 unspecified atom stereocenters. The molecular weight excluding hydrogens is 298 g/mol. The van der Waals surface area contributed by atoms with Gasteiger partial charge in [-0.1, -0.05) is 12.1 Å². The number of carbonyl (C=O) groups is 1. The highest BCUT2D eigenvalue weighted by Gasteiger charge is 2.18. The van der Waals surface area contributed by atoms with Crippen LogP contribution < -0.4 is 0 Å². The predicted molar refractivity (Wildman–Crippen MR) is 83.1 cm³/mol. The Morgan fingerprint density at radius 2 is 1.87 bits per heavy atom. The van der Waals surface area contributed by atoms with Crippen molar-refractivity contribution in [3.05, 3.63) is 70.5 Å². The molecule has 3 rings (SSSR count). The fourth-order valence-corrected chi connectivity index (χ4v) is 2.31. The maximum Gasteiger partial charge on any atom is 0.337 e. The van der Waals surface area contributed by atoms with Crippen molar-refractivity contribution >= 4 is 11.7 Å². The highest BCUT2D eigenvalue weighted by molar-refractivity contribution is 5.97. The lowest BCUT2D eigenvalue weighted by atomic mass is 10.1. The molecule has 0 amide bonds. The second-order valence-corrected chi connectivity index (χ2v) is 4.82. The van der Waals surface area contributed by atoms with Crippen molar-refractivity contribution in [2.24, 2.45) is 0 Å². The topological polar surface area (TPSA) is 109 Å². The molecule has 114 valence electrons. The molecule has 2 N–H and O–H groups in total. The van der Waals surface area contributed by atoms with Gasteiger partial charge >= 0.3 is 5.97 Å². The molecule has 0 bridgehead atoms. The second kappa shape index (κ2) is 5.72. The minimum absolute atomic E-state index is 0.0531. The molecule has 23 heavy (non-hydrogen) atoms. The van der Waals surface area contributed by atoms with Crippen LogP contribution in [0.3, 0.4) is 0 Å². The summed E-state index contributed by atoms with van der Waals surface area (Å²) in [5, 5.41) is 20.3. The number of H-pyrrole nitrogens is 1. The minimum atomic E-state index is -1.11. The van der Waals surface area contributed by atoms with Crippen molar-refractivity contribution in [2.75, 3.05) is 0 Å². The number of nitrogens with one attached hydrogen (secondary N) is 1. The highest BCUT2D eigenvalue weighted by Crippen LogP contribution is 2.30. The van der Waals surface area contributed by atoms with E-state index in [2.05, 4.69) is 9.97 Å². The summed E-state index contributed by atoms with van der Waals surface area (Å²) < 4.78 is 0. The predicted octanol–water partition coefficient (Wildman–Crippen LogP) is 3.35. The lowest BCUT2D eigenvalue weighted by Crippen LogP contribution is -1.97. The standard InChI is InChI=1S/C16H11N3O4/c20-16(21)13-9-14(10-4-6-17-7-5-10)18-15(13)11-2-1-3-12(8-11)19(22)23/h1-9,18H,(H,20,21). The van der Waals surface area contributed by atoms with Crippen molar-refractivity contribution in [3.63, 3.8) is 0 Å². The van der Waals surface area contributed by atoms with E-state index in [1.54, 1.807) is 30.6 Å². The number of nitrogens with zero attached hydrogens (tertiary/aromatic N) is 2. The van der Waals surface area contributed by atoms with Gasteiger partial charge in [-0.3, -0.25) is 15.1 Å². The van der Waals surface area contributed by atoms with Crippen LogP contribution in [0, 0.1) is 10.1 Å². The zero-order valence-corrected chi connectivity index (χ0v) is 11.8. The van der Waals surface area contributed by atoms with Crippen LogP contribution >= 0.6 is 0 Å². The maximum atomic E-state index is 11.5. The summed E-state index contributed by atoms with van der Waals surface area (Å²) in [5.41, 5.74) is 2.10. The van der Waals surface area contributed by atoms with Crippen LogP contribution in [-0.2, 0) is 0 Å². The highest BCUT2D eigenvalue weighted by atomic mass is 16.6. The van der Waals surface area contributed by atoms with Crippen molar-refractivity contribution in [1.82, 2.24) is 9.97 Å². The third kappa shape index (κ3) is 2.80. The molecule has 2 heterocycles. The summed E-state index contributed by atoms with van der Waals surface area (Å²) in [6.07, 6.45) is 3.20. The second-order valence-electron chi connectivity index (χ2n) is 4.82. The number of rotatable bonds is 4. The monoisotopic (exact) mass is 309 g/mol. The van der Waals surface area contributed by atoms with E-state index in [1.165, 1.54) is 24.3 Å². The summed E-state index contributed by atoms with van der Waals surface area (Å²) in [5.74, 6) is -1.11. The largest absolute Gasteiger partial charge is 0.478 e. The molecule has 1 aromatic carbocycles. The smallest absolute Gasteiger partial charge is 0.337 e. The third-order valence-corrected chi connectivity index (χ3v) is 3.39. The van der Waals surface area contributed by atoms with Gasteiger partial charge in [0.2, 0.25) is 0 Å². The Morgan fingerprint density at radius 3 is 2.52 bits per heavy atom. The minimum Gasteiger partial charge on any atom is -0.478 e. The molecule has 7 nitrogen and oxygen atoms in total. The van der Waals surface area contributed by atoms with E-state index in [4.69, 9.17) is 0 Å². The third-order valence-electron chi connectivity index (χ3n) is 3.39. The molecule has 0 aliphatic rings. The fourth-order valence-electron chi connectivity index (χ4n) is 2.31. The SMILES string of the molecule is O=C(O)c1cc(-c2ccncc2)[nH]c1-c1cccc([N+](=O)[O-])c1. The molecule has 0 radical (unpaired) electrons. The van der Waals surface area contributed by atoms with Gasteiger partial charge in [0.05, 0.1) is 16.2 Å². The van der Waals surface area contributed by atoms with E-state index in [0.717, 1.165) is 5.56 Å². The van der Waals surface area contributed by atoms with Crippen LogP contribution in [0.25, 0.3) is 22.5 Å². The van der Waals surface area contributed by atoms with Gasteiger partial charge in [0.25, 0.3) is 5.69 Å². The van der Waals surface area contributed by atoms with Gasteiger partial charge in [-0.25, -0.2) is 4.79 Å². The first-order valence-electron chi connectivity index (χ1n) is 6.68. The van der Waals surface area contributed by atoms with Crippen molar-refractivity contribution < 1.29 is 14.8 Å². The maximum absolute atomic E-state index is 11.5. The Hall–Kier alpha value is -3.48. The van der Waals surface area contributed by atoms with Crippen LogP contribution in [0.1, 0.15) is 10.4 Å². The van der Waals surface area contributed by atoms with Gasteiger partial charge < -0.3 is 10.1 Å². The summed E-state index contributed by atoms with van der Waals surface area (Å²) >= 11 is 0. The molecule has 0 fully saturated rings. The fraction of sp³-hybridized carbons (Fsp3) is 0. The summed E-state index contributed by atoms with van der Waals surface area (Å²) in [7, 11) is 0. The van der Waals surface area contributed by atoms with Crippen LogP contribution in [0.5, 0.6) is 0 Å². The van der Waals surface area contributed by atoms with Crippen LogP contribution in [0.2, 0.25) is 0 Å². The van der Waals surface area contributed by atoms with Crippen LogP contribution in [-0.4, -0.2) is 26.0 Å². The molecule has 2 aromatic heterocycles. The molecule has 0 aliphatic heterocycles. The number of carboxylic acid groups (broad SMARTS) is 1. The number of aromatic amines is 1. The molecular formula is C16H11N3O4. The van der Waals surface area contributed by atoms with Gasteiger partial charge in [-0.2, -0.15) is 0 Å². The average molecular weight is 309 g/mol. The Morgan fingerprint density at radius 1 is 1.13 bits per heavy atom. The number of nitro groups is 1. The van der Waals surface area contributed by atoms with Crippen molar-refractivity contribution in [1.29, 1.82) is 0 Å². The molecule has 0 saturated heterocycles. The molecule has 3 aromatic rings. The number of nitro benzene ring substituents is 1. The number of pyridine rings is 1. The Labute approximate surface area is 130 Å². The zero-order valence-electron chi connectivity index (χ0n) is 11.8. The van der Waals surface area contributed by atoms with Gasteiger partial charge in [-0.15, -0.1) is 0 Å². The van der Waals surface area contributed by atoms with E-state index in [0.29, 0.717) is 17.0 Å². The summed E-state index contributed by atoms with van der Waals surface area (Å²) in [6, 6.07) is 10.8. The Kier molecular flexibility index (Phi) is 3.60. The van der Waals surface area contributed by atoms with Crippen LogP contribution in [0.4, 0.5) is 5.69 Å². The molecule has 0 saturated carbocycles. The molecule has 7 heteroatoms. The summed E-state index contributed by atoms with van der Waals surface area (Å²) in [4.78, 5) is 28.8. The van der Waals surface area contributed by atoms with Gasteiger partial charge in [-0.05, 0) is 18.2 Å². The Balaban J connectivity index is 2.15. The van der Waals surface area contributed by atoms with E-state index in [-0.39, 0.29) is 11.3 Å². The van der Waals surface area contributed by atoms with E-state index in [9.17, 15) is 20.0 Å². The molecule has 0 spiro atoms. The number of aromatic carboxylic acids is 1. The first kappa shape index (κ1) is 14.5. The van der Waals surface area contributed by atoms with Crippen molar-refractivity contribution in [3.8, 4) is 22.5 Å². The van der Waals surface area contributed by atoms with Gasteiger partial charge in [0.1, 0.15) is 0 Å². The number of hydrogen-bond donors (Lipinski definition) is 2. The van der Waals surface area contributed by atoms with E-state index < -0.39 is 10.9 Å². The average Bonchev–Trinajstić information content (AvgIpc) is 3.01. The summed E-state index contributed by atoms with van der Waals surface area (Å²) in [6.45, 7) is 0. The Bertz CT molecular complexity index is 887. The van der Waals surface area contributed by atoms with Gasteiger partial charge in [0.15, 0.2) is 0 Å². The molecule has 0 aliphatic carbocycles. The first-order chi connectivity index (χ1) is 11.1. The lowest BCUT2D eigenvalue weighted by Gasteiger charge is -2.01. The number of carboxylic acids is 1. The lowest BCUT2D eigenvalue weighted by molar-refractivity contribution is -0.384. The zero-order chi connectivity index (χ0) is 16.4. The van der Waals surface area contributed by atoms with Crippen LogP contribution in [0.15, 0.2) is 54.9 Å². The van der Waals surface area contributed by atoms with Gasteiger partial charge in [0, 0.05) is 41.3 Å². The number of aromatic nitrogens is 2. The number of hydrogen-bond acceptors (Lipinski definition) is 4. The first-order valence-corrected chi connectivity index (χ1v) is 6.68. The normalized spacial score (nSPS) is 10.4. The van der Waals surface area contributed by atoms with Crippen molar-refractivity contribution in [2.45, 2.75) is 0 Å². The number of non-ortho nitro benzene ring substituents is 1. The van der Waals surface area contributed by atoms with E-state index >= 15 is 0 Å². The quantitative estimate of drug-likeness (QED) is 0.567. The van der Waals surface area contributed by atoms with E-state index in [1.807, 2.05) is 0 Å². The number of benzene rings is 1. The molecule has 0 atom stereocenters.